The quantitative estimate of drug-likeness (QED) is 0.301. The van der Waals surface area contributed by atoms with Gasteiger partial charge in [-0.3, -0.25) is 0 Å². The summed E-state index contributed by atoms with van der Waals surface area (Å²) in [6.07, 6.45) is 2.65. The molecule has 0 bridgehead atoms. The number of hydrogen-bond donors (Lipinski definition) is 2. The van der Waals surface area contributed by atoms with Gasteiger partial charge in [-0.1, -0.05) is 49.7 Å². The highest BCUT2D eigenvalue weighted by molar-refractivity contribution is 7.22. The summed E-state index contributed by atoms with van der Waals surface area (Å²) < 4.78 is 7.34. The van der Waals surface area contributed by atoms with Crippen molar-refractivity contribution in [1.82, 2.24) is 0 Å². The second kappa shape index (κ2) is 8.89. The van der Waals surface area contributed by atoms with E-state index in [9.17, 15) is 9.90 Å². The van der Waals surface area contributed by atoms with Crippen molar-refractivity contribution in [2.75, 3.05) is 0 Å². The lowest BCUT2D eigenvalue weighted by atomic mass is 9.94. The number of ether oxygens (including phenoxy) is 1. The molecule has 0 saturated carbocycles. The summed E-state index contributed by atoms with van der Waals surface area (Å²) >= 11 is 1.60. The summed E-state index contributed by atoms with van der Waals surface area (Å²) in [5.74, 6) is 0.993. The molecule has 2 N–H and O–H groups in total. The van der Waals surface area contributed by atoms with Gasteiger partial charge in [-0.25, -0.2) is 4.79 Å². The number of benzene rings is 3. The summed E-state index contributed by atoms with van der Waals surface area (Å²) in [5, 5.41) is 19.8. The van der Waals surface area contributed by atoms with Gasteiger partial charge in [0.15, 0.2) is 5.75 Å². The molecule has 0 amide bonds. The van der Waals surface area contributed by atoms with Crippen molar-refractivity contribution >= 4 is 33.5 Å². The average molecular weight is 445 g/mol. The summed E-state index contributed by atoms with van der Waals surface area (Å²) in [7, 11) is 0. The Morgan fingerprint density at radius 2 is 1.78 bits per heavy atom. The molecule has 0 atom stereocenters. The van der Waals surface area contributed by atoms with Gasteiger partial charge in [0.25, 0.3) is 0 Å². The van der Waals surface area contributed by atoms with Crippen molar-refractivity contribution < 1.29 is 19.7 Å². The zero-order valence-corrected chi connectivity index (χ0v) is 18.9. The van der Waals surface area contributed by atoms with Crippen LogP contribution in [0, 0.1) is 6.92 Å². The standard InChI is InChI=1S/C27H24O4S/c1-16(2)23-14-17(3)4-11-21(23)27-26(22-12-8-19(28)15-24(22)32-27)31-20-9-5-18(6-10-20)7-13-25(29)30/h4-16,28H,1-3H3,(H,29,30)/b13-7+. The smallest absolute Gasteiger partial charge is 0.328 e. The maximum absolute atomic E-state index is 10.7. The molecule has 0 saturated heterocycles. The SMILES string of the molecule is Cc1ccc(-c2sc3cc(O)ccc3c2Oc2ccc(/C=C/C(=O)O)cc2)c(C(C)C)c1. The number of aromatic hydroxyl groups is 1. The van der Waals surface area contributed by atoms with Gasteiger partial charge in [0, 0.05) is 16.2 Å². The molecular formula is C27H24O4S. The minimum atomic E-state index is -0.984. The summed E-state index contributed by atoms with van der Waals surface area (Å²) in [4.78, 5) is 11.8. The van der Waals surface area contributed by atoms with E-state index in [0.717, 1.165) is 37.9 Å². The molecule has 4 nitrogen and oxygen atoms in total. The average Bonchev–Trinajstić information content (AvgIpc) is 3.10. The van der Waals surface area contributed by atoms with Gasteiger partial charge in [-0.15, -0.1) is 11.3 Å². The monoisotopic (exact) mass is 444 g/mol. The van der Waals surface area contributed by atoms with Crippen molar-refractivity contribution in [2.45, 2.75) is 26.7 Å². The molecule has 5 heteroatoms. The van der Waals surface area contributed by atoms with Gasteiger partial charge in [0.05, 0.1) is 4.88 Å². The number of carbonyl (C=O) groups is 1. The van der Waals surface area contributed by atoms with E-state index in [0.29, 0.717) is 11.7 Å². The summed E-state index contributed by atoms with van der Waals surface area (Å²) in [6, 6.07) is 19.1. The molecule has 4 aromatic rings. The predicted octanol–water partition coefficient (Wildman–Crippen LogP) is 7.60. The minimum absolute atomic E-state index is 0.222. The molecule has 32 heavy (non-hydrogen) atoms. The van der Waals surface area contributed by atoms with E-state index >= 15 is 0 Å². The zero-order chi connectivity index (χ0) is 22.8. The molecule has 0 aliphatic rings. The molecular weight excluding hydrogens is 420 g/mol. The maximum Gasteiger partial charge on any atom is 0.328 e. The first-order valence-corrected chi connectivity index (χ1v) is 11.2. The van der Waals surface area contributed by atoms with E-state index in [1.54, 1.807) is 29.5 Å². The third kappa shape index (κ3) is 4.53. The Hall–Kier alpha value is -3.57. The third-order valence-corrected chi connectivity index (χ3v) is 6.39. The highest BCUT2D eigenvalue weighted by Crippen LogP contribution is 2.48. The number of phenols is 1. The van der Waals surface area contributed by atoms with Crippen LogP contribution in [-0.4, -0.2) is 16.2 Å². The van der Waals surface area contributed by atoms with Crippen LogP contribution in [-0.2, 0) is 4.79 Å². The Labute approximate surface area is 191 Å². The Kier molecular flexibility index (Phi) is 6.01. The topological polar surface area (TPSA) is 66.8 Å². The largest absolute Gasteiger partial charge is 0.508 e. The lowest BCUT2D eigenvalue weighted by Gasteiger charge is -2.15. The first-order chi connectivity index (χ1) is 15.3. The van der Waals surface area contributed by atoms with Crippen LogP contribution in [0.3, 0.4) is 0 Å². The fraction of sp³-hybridized carbons (Fsp3) is 0.148. The number of phenolic OH excluding ortho intramolecular Hbond substituents is 1. The highest BCUT2D eigenvalue weighted by Gasteiger charge is 2.20. The number of aliphatic carboxylic acids is 1. The first-order valence-electron chi connectivity index (χ1n) is 10.4. The Bertz CT molecular complexity index is 1310. The zero-order valence-electron chi connectivity index (χ0n) is 18.1. The number of thiophene rings is 1. The number of aryl methyl sites for hydroxylation is 1. The number of carboxylic acid groups (broad SMARTS) is 1. The predicted molar refractivity (Wildman–Crippen MR) is 131 cm³/mol. The van der Waals surface area contributed by atoms with E-state index in [1.165, 1.54) is 11.1 Å². The lowest BCUT2D eigenvalue weighted by molar-refractivity contribution is -0.131. The molecule has 0 unspecified atom stereocenters. The van der Waals surface area contributed by atoms with Crippen molar-refractivity contribution in [1.29, 1.82) is 0 Å². The molecule has 4 rings (SSSR count). The van der Waals surface area contributed by atoms with Crippen LogP contribution in [0.5, 0.6) is 17.2 Å². The van der Waals surface area contributed by atoms with E-state index in [1.807, 2.05) is 30.3 Å². The van der Waals surface area contributed by atoms with Gasteiger partial charge < -0.3 is 14.9 Å². The fourth-order valence-corrected chi connectivity index (χ4v) is 4.85. The van der Waals surface area contributed by atoms with Crippen LogP contribution in [0.25, 0.3) is 26.6 Å². The van der Waals surface area contributed by atoms with Crippen LogP contribution in [0.1, 0.15) is 36.5 Å². The second-order valence-electron chi connectivity index (χ2n) is 8.03. The van der Waals surface area contributed by atoms with E-state index in [-0.39, 0.29) is 5.75 Å². The molecule has 1 heterocycles. The fourth-order valence-electron chi connectivity index (χ4n) is 3.64. The van der Waals surface area contributed by atoms with Crippen LogP contribution in [0.15, 0.2) is 66.7 Å². The van der Waals surface area contributed by atoms with E-state index in [2.05, 4.69) is 39.0 Å². The first kappa shape index (κ1) is 21.7. The normalized spacial score (nSPS) is 11.5. The van der Waals surface area contributed by atoms with Crippen LogP contribution in [0.2, 0.25) is 0 Å². The van der Waals surface area contributed by atoms with E-state index in [4.69, 9.17) is 9.84 Å². The summed E-state index contributed by atoms with van der Waals surface area (Å²) in [5.41, 5.74) is 4.37. The van der Waals surface area contributed by atoms with Crippen molar-refractivity contribution in [2.24, 2.45) is 0 Å². The molecule has 0 aliphatic heterocycles. The number of carboxylic acids is 1. The Morgan fingerprint density at radius 1 is 1.03 bits per heavy atom. The summed E-state index contributed by atoms with van der Waals surface area (Å²) in [6.45, 7) is 6.46. The number of rotatable bonds is 6. The van der Waals surface area contributed by atoms with Gasteiger partial charge >= 0.3 is 5.97 Å². The van der Waals surface area contributed by atoms with Crippen LogP contribution in [0.4, 0.5) is 0 Å². The minimum Gasteiger partial charge on any atom is -0.508 e. The molecule has 1 aromatic heterocycles. The van der Waals surface area contributed by atoms with Crippen LogP contribution < -0.4 is 4.74 Å². The highest BCUT2D eigenvalue weighted by atomic mass is 32.1. The van der Waals surface area contributed by atoms with Gasteiger partial charge in [0.1, 0.15) is 11.5 Å². The van der Waals surface area contributed by atoms with Gasteiger partial charge in [-0.05, 0) is 65.9 Å². The van der Waals surface area contributed by atoms with Crippen molar-refractivity contribution in [3.8, 4) is 27.7 Å². The molecule has 0 spiro atoms. The molecule has 3 aromatic carbocycles. The second-order valence-corrected chi connectivity index (χ2v) is 9.08. The number of fused-ring (bicyclic) bond motifs is 1. The van der Waals surface area contributed by atoms with Crippen LogP contribution >= 0.6 is 11.3 Å². The van der Waals surface area contributed by atoms with Crippen molar-refractivity contribution in [3.05, 3.63) is 83.4 Å². The number of hydrogen-bond acceptors (Lipinski definition) is 4. The maximum atomic E-state index is 10.7. The van der Waals surface area contributed by atoms with Gasteiger partial charge in [0.2, 0.25) is 0 Å². The lowest BCUT2D eigenvalue weighted by Crippen LogP contribution is -1.94. The third-order valence-electron chi connectivity index (χ3n) is 5.22. The Balaban J connectivity index is 1.82. The Morgan fingerprint density at radius 3 is 2.47 bits per heavy atom. The van der Waals surface area contributed by atoms with E-state index < -0.39 is 5.97 Å². The van der Waals surface area contributed by atoms with Gasteiger partial charge in [-0.2, -0.15) is 0 Å². The molecule has 162 valence electrons. The van der Waals surface area contributed by atoms with Crippen molar-refractivity contribution in [3.63, 3.8) is 0 Å². The molecule has 0 aliphatic carbocycles. The molecule has 0 fully saturated rings. The molecule has 0 radical (unpaired) electrons.